The molecule has 0 aliphatic heterocycles. The summed E-state index contributed by atoms with van der Waals surface area (Å²) in [4.78, 5) is 26.9. The molecule has 0 saturated heterocycles. The van der Waals surface area contributed by atoms with E-state index in [1.54, 1.807) is 30.2 Å². The van der Waals surface area contributed by atoms with Crippen molar-refractivity contribution in [2.45, 2.75) is 0 Å². The van der Waals surface area contributed by atoms with Gasteiger partial charge in [-0.05, 0) is 12.1 Å². The topological polar surface area (TPSA) is 89.5 Å². The lowest BCUT2D eigenvalue weighted by atomic mass is 10.1. The molecule has 7 nitrogen and oxygen atoms in total. The number of rotatable bonds is 3. The third kappa shape index (κ3) is 2.75. The molecular weight excluding hydrogens is 280 g/mol. The minimum atomic E-state index is -0.534. The molecule has 1 amide bonds. The number of carbonyl (C=O) groups excluding carboxylic acids is 1. The fraction of sp³-hybridized carbons (Fsp3) is 0.167. The molecule has 0 saturated carbocycles. The van der Waals surface area contributed by atoms with E-state index in [-0.39, 0.29) is 11.3 Å². The number of nitro groups is 1. The Morgan fingerprint density at radius 3 is 2.80 bits per heavy atom. The summed E-state index contributed by atoms with van der Waals surface area (Å²) in [6, 6.07) is 4.23. The Bertz CT molecular complexity index is 732. The first kappa shape index (κ1) is 13.9. The lowest BCUT2D eigenvalue weighted by Gasteiger charge is -2.02. The van der Waals surface area contributed by atoms with Crippen LogP contribution in [0.2, 0.25) is 0 Å². The van der Waals surface area contributed by atoms with Gasteiger partial charge >= 0.3 is 0 Å². The van der Waals surface area contributed by atoms with Crippen LogP contribution in [0, 0.1) is 10.1 Å². The highest BCUT2D eigenvalue weighted by molar-refractivity contribution is 7.07. The van der Waals surface area contributed by atoms with Crippen LogP contribution in [0.3, 0.4) is 0 Å². The average molecular weight is 292 g/mol. The van der Waals surface area contributed by atoms with Gasteiger partial charge in [0.15, 0.2) is 4.80 Å². The van der Waals surface area contributed by atoms with Crippen LogP contribution in [0.5, 0.6) is 0 Å². The van der Waals surface area contributed by atoms with Crippen molar-refractivity contribution in [2.24, 2.45) is 12.0 Å². The van der Waals surface area contributed by atoms with Gasteiger partial charge in [-0.2, -0.15) is 4.99 Å². The van der Waals surface area contributed by atoms with Crippen molar-refractivity contribution in [2.75, 3.05) is 12.4 Å². The van der Waals surface area contributed by atoms with E-state index >= 15 is 0 Å². The standard InChI is InChI=1S/C12H12N4O3S/c1-13-9-4-3-8(7-10(9)16(18)19)11(17)14-12-15(2)5-6-20-12/h3-7,13H,1-2H3. The average Bonchev–Trinajstić information content (AvgIpc) is 2.83. The molecule has 0 aliphatic carbocycles. The molecular formula is C12H12N4O3S. The molecule has 0 spiro atoms. The number of amides is 1. The van der Waals surface area contributed by atoms with Crippen LogP contribution in [0.1, 0.15) is 10.4 Å². The molecule has 2 rings (SSSR count). The molecule has 104 valence electrons. The van der Waals surface area contributed by atoms with E-state index in [2.05, 4.69) is 10.3 Å². The molecule has 0 aliphatic rings. The summed E-state index contributed by atoms with van der Waals surface area (Å²) in [5, 5.41) is 15.5. The number of nitrogens with one attached hydrogen (secondary N) is 1. The number of hydrogen-bond donors (Lipinski definition) is 1. The summed E-state index contributed by atoms with van der Waals surface area (Å²) in [6.45, 7) is 0. The summed E-state index contributed by atoms with van der Waals surface area (Å²) in [5.41, 5.74) is 0.390. The van der Waals surface area contributed by atoms with E-state index in [9.17, 15) is 14.9 Å². The number of nitrogens with zero attached hydrogens (tertiary/aromatic N) is 3. The molecule has 0 fully saturated rings. The second-order valence-corrected chi connectivity index (χ2v) is 4.83. The van der Waals surface area contributed by atoms with Gasteiger partial charge in [0.25, 0.3) is 11.6 Å². The molecule has 1 heterocycles. The Hall–Kier alpha value is -2.48. The third-order valence-corrected chi connectivity index (χ3v) is 3.52. The summed E-state index contributed by atoms with van der Waals surface area (Å²) in [5.74, 6) is -0.506. The zero-order valence-corrected chi connectivity index (χ0v) is 11.7. The van der Waals surface area contributed by atoms with Gasteiger partial charge in [-0.3, -0.25) is 14.9 Å². The Morgan fingerprint density at radius 2 is 2.25 bits per heavy atom. The molecule has 8 heteroatoms. The second kappa shape index (κ2) is 5.66. The molecule has 1 N–H and O–H groups in total. The summed E-state index contributed by atoms with van der Waals surface area (Å²) in [7, 11) is 3.36. The minimum Gasteiger partial charge on any atom is -0.383 e. The van der Waals surface area contributed by atoms with E-state index in [0.29, 0.717) is 10.5 Å². The molecule has 1 aromatic carbocycles. The van der Waals surface area contributed by atoms with E-state index < -0.39 is 10.8 Å². The number of thiazole rings is 1. The first-order chi connectivity index (χ1) is 9.52. The zero-order chi connectivity index (χ0) is 14.7. The lowest BCUT2D eigenvalue weighted by Crippen LogP contribution is -2.12. The van der Waals surface area contributed by atoms with Gasteiger partial charge in [0.1, 0.15) is 5.69 Å². The van der Waals surface area contributed by atoms with Crippen molar-refractivity contribution in [3.05, 3.63) is 50.3 Å². The largest absolute Gasteiger partial charge is 0.383 e. The number of anilines is 1. The predicted octanol–water partition coefficient (Wildman–Crippen LogP) is 1.78. The van der Waals surface area contributed by atoms with Crippen molar-refractivity contribution in [1.82, 2.24) is 4.57 Å². The highest BCUT2D eigenvalue weighted by Gasteiger charge is 2.16. The van der Waals surface area contributed by atoms with Crippen LogP contribution >= 0.6 is 11.3 Å². The highest BCUT2D eigenvalue weighted by atomic mass is 32.1. The molecule has 0 unspecified atom stereocenters. The van der Waals surface area contributed by atoms with Gasteiger partial charge in [0.2, 0.25) is 0 Å². The smallest absolute Gasteiger partial charge is 0.293 e. The second-order valence-electron chi connectivity index (χ2n) is 3.95. The van der Waals surface area contributed by atoms with Gasteiger partial charge in [-0.25, -0.2) is 0 Å². The molecule has 2 aromatic rings. The molecule has 0 radical (unpaired) electrons. The Morgan fingerprint density at radius 1 is 1.50 bits per heavy atom. The summed E-state index contributed by atoms with van der Waals surface area (Å²) < 4.78 is 1.71. The maximum Gasteiger partial charge on any atom is 0.293 e. The Kier molecular flexibility index (Phi) is 3.94. The number of nitro benzene ring substituents is 1. The van der Waals surface area contributed by atoms with Gasteiger partial charge in [-0.1, -0.05) is 0 Å². The molecule has 0 atom stereocenters. The fourth-order valence-electron chi connectivity index (χ4n) is 1.61. The van der Waals surface area contributed by atoms with Crippen LogP contribution < -0.4 is 10.1 Å². The monoisotopic (exact) mass is 292 g/mol. The van der Waals surface area contributed by atoms with Crippen LogP contribution in [0.15, 0.2) is 34.8 Å². The van der Waals surface area contributed by atoms with Crippen LogP contribution in [0.25, 0.3) is 0 Å². The summed E-state index contributed by atoms with van der Waals surface area (Å²) in [6.07, 6.45) is 1.78. The van der Waals surface area contributed by atoms with Crippen LogP contribution in [-0.2, 0) is 7.05 Å². The molecule has 20 heavy (non-hydrogen) atoms. The van der Waals surface area contributed by atoms with Gasteiger partial charge in [0, 0.05) is 37.3 Å². The van der Waals surface area contributed by atoms with Crippen molar-refractivity contribution in [3.63, 3.8) is 0 Å². The number of carbonyl (C=O) groups is 1. The Labute approximate surface area is 118 Å². The van der Waals surface area contributed by atoms with E-state index in [1.807, 2.05) is 0 Å². The maximum atomic E-state index is 12.0. The lowest BCUT2D eigenvalue weighted by molar-refractivity contribution is -0.384. The number of hydrogen-bond acceptors (Lipinski definition) is 5. The van der Waals surface area contributed by atoms with Crippen LogP contribution in [-0.4, -0.2) is 22.4 Å². The van der Waals surface area contributed by atoms with Crippen molar-refractivity contribution < 1.29 is 9.72 Å². The Balaban J connectivity index is 2.44. The number of aryl methyl sites for hydroxylation is 1. The fourth-order valence-corrected chi connectivity index (χ4v) is 2.34. The number of aromatic nitrogens is 1. The van der Waals surface area contributed by atoms with Crippen molar-refractivity contribution >= 4 is 28.6 Å². The van der Waals surface area contributed by atoms with Crippen molar-refractivity contribution in [1.29, 1.82) is 0 Å². The van der Waals surface area contributed by atoms with Gasteiger partial charge < -0.3 is 9.88 Å². The van der Waals surface area contributed by atoms with Crippen molar-refractivity contribution in [3.8, 4) is 0 Å². The quantitative estimate of drug-likeness (QED) is 0.689. The first-order valence-corrected chi connectivity index (χ1v) is 6.56. The zero-order valence-electron chi connectivity index (χ0n) is 10.9. The van der Waals surface area contributed by atoms with Crippen LogP contribution in [0.4, 0.5) is 11.4 Å². The summed E-state index contributed by atoms with van der Waals surface area (Å²) >= 11 is 1.32. The van der Waals surface area contributed by atoms with Gasteiger partial charge in [-0.15, -0.1) is 11.3 Å². The minimum absolute atomic E-state index is 0.149. The maximum absolute atomic E-state index is 12.0. The first-order valence-electron chi connectivity index (χ1n) is 5.68. The molecule has 0 bridgehead atoms. The van der Waals surface area contributed by atoms with E-state index in [0.717, 1.165) is 0 Å². The SMILES string of the molecule is CNc1ccc(C(=O)N=c2sccn2C)cc1[N+](=O)[O-]. The van der Waals surface area contributed by atoms with E-state index in [4.69, 9.17) is 0 Å². The number of benzene rings is 1. The van der Waals surface area contributed by atoms with Gasteiger partial charge in [0.05, 0.1) is 4.92 Å². The third-order valence-electron chi connectivity index (χ3n) is 2.67. The molecule has 1 aromatic heterocycles. The predicted molar refractivity (Wildman–Crippen MR) is 75.8 cm³/mol. The normalized spacial score (nSPS) is 11.4. The highest BCUT2D eigenvalue weighted by Crippen LogP contribution is 2.25. The van der Waals surface area contributed by atoms with E-state index in [1.165, 1.54) is 29.5 Å².